The SMILES string of the molecule is Cc1oc(COCC2CCCO2)cc1C(=O)O. The van der Waals surface area contributed by atoms with Crippen LogP contribution in [0.5, 0.6) is 0 Å². The third kappa shape index (κ3) is 3.08. The molecule has 0 spiro atoms. The smallest absolute Gasteiger partial charge is 0.339 e. The predicted molar refractivity (Wildman–Crippen MR) is 59.0 cm³/mol. The maximum absolute atomic E-state index is 10.8. The summed E-state index contributed by atoms with van der Waals surface area (Å²) in [4.78, 5) is 10.8. The summed E-state index contributed by atoms with van der Waals surface area (Å²) in [7, 11) is 0. The van der Waals surface area contributed by atoms with Crippen LogP contribution in [0.1, 0.15) is 34.7 Å². The molecular formula is C12H16O5. The molecule has 1 atom stereocenters. The number of carboxylic acids is 1. The molecule has 1 aromatic heterocycles. The zero-order chi connectivity index (χ0) is 12.3. The van der Waals surface area contributed by atoms with E-state index in [-0.39, 0.29) is 18.3 Å². The van der Waals surface area contributed by atoms with Crippen LogP contribution in [0.3, 0.4) is 0 Å². The average molecular weight is 240 g/mol. The fraction of sp³-hybridized carbons (Fsp3) is 0.583. The molecule has 1 aliphatic rings. The standard InChI is InChI=1S/C12H16O5/c1-8-11(12(13)14)5-10(17-8)7-15-6-9-3-2-4-16-9/h5,9H,2-4,6-7H2,1H3,(H,13,14). The molecule has 0 amide bonds. The number of hydrogen-bond donors (Lipinski definition) is 1. The molecule has 1 aromatic rings. The number of rotatable bonds is 5. The van der Waals surface area contributed by atoms with E-state index in [1.807, 2.05) is 0 Å². The molecular weight excluding hydrogens is 224 g/mol. The normalized spacial score (nSPS) is 19.7. The number of aryl methyl sites for hydroxylation is 1. The molecule has 0 aromatic carbocycles. The van der Waals surface area contributed by atoms with Gasteiger partial charge in [-0.2, -0.15) is 0 Å². The van der Waals surface area contributed by atoms with Gasteiger partial charge < -0.3 is 19.0 Å². The van der Waals surface area contributed by atoms with Crippen molar-refractivity contribution in [2.24, 2.45) is 0 Å². The number of ether oxygens (including phenoxy) is 2. The molecule has 1 N–H and O–H groups in total. The summed E-state index contributed by atoms with van der Waals surface area (Å²) >= 11 is 0. The lowest BCUT2D eigenvalue weighted by molar-refractivity contribution is 0.00566. The fourth-order valence-electron chi connectivity index (χ4n) is 1.89. The van der Waals surface area contributed by atoms with Crippen LogP contribution in [0.15, 0.2) is 10.5 Å². The van der Waals surface area contributed by atoms with Gasteiger partial charge in [0.2, 0.25) is 0 Å². The molecule has 0 radical (unpaired) electrons. The van der Waals surface area contributed by atoms with Crippen LogP contribution in [0.2, 0.25) is 0 Å². The second kappa shape index (κ2) is 5.33. The lowest BCUT2D eigenvalue weighted by Crippen LogP contribution is -2.13. The Morgan fingerprint density at radius 2 is 2.47 bits per heavy atom. The van der Waals surface area contributed by atoms with Crippen molar-refractivity contribution in [1.82, 2.24) is 0 Å². The van der Waals surface area contributed by atoms with E-state index in [1.54, 1.807) is 6.92 Å². The molecule has 0 bridgehead atoms. The summed E-state index contributed by atoms with van der Waals surface area (Å²) in [5, 5.41) is 8.86. The highest BCUT2D eigenvalue weighted by molar-refractivity contribution is 5.88. The minimum atomic E-state index is -0.975. The molecule has 94 valence electrons. The van der Waals surface area contributed by atoms with E-state index in [2.05, 4.69) is 0 Å². The number of carbonyl (C=O) groups is 1. The maximum atomic E-state index is 10.8. The highest BCUT2D eigenvalue weighted by Crippen LogP contribution is 2.17. The Balaban J connectivity index is 1.82. The van der Waals surface area contributed by atoms with Crippen molar-refractivity contribution in [2.45, 2.75) is 32.5 Å². The van der Waals surface area contributed by atoms with E-state index < -0.39 is 5.97 Å². The van der Waals surface area contributed by atoms with E-state index in [4.69, 9.17) is 19.0 Å². The molecule has 2 rings (SSSR count). The molecule has 5 heteroatoms. The molecule has 5 nitrogen and oxygen atoms in total. The van der Waals surface area contributed by atoms with Gasteiger partial charge in [0.05, 0.1) is 12.7 Å². The Morgan fingerprint density at radius 3 is 3.06 bits per heavy atom. The molecule has 17 heavy (non-hydrogen) atoms. The first-order valence-electron chi connectivity index (χ1n) is 5.69. The van der Waals surface area contributed by atoms with Crippen molar-refractivity contribution < 1.29 is 23.8 Å². The highest BCUT2D eigenvalue weighted by Gasteiger charge is 2.17. The molecule has 1 saturated heterocycles. The van der Waals surface area contributed by atoms with Crippen LogP contribution in [-0.2, 0) is 16.1 Å². The summed E-state index contributed by atoms with van der Waals surface area (Å²) in [5.74, 6) is -0.0252. The quantitative estimate of drug-likeness (QED) is 0.852. The Bertz CT molecular complexity index is 390. The van der Waals surface area contributed by atoms with Crippen molar-refractivity contribution in [3.05, 3.63) is 23.2 Å². The summed E-state index contributed by atoms with van der Waals surface area (Å²) in [6.07, 6.45) is 2.28. The van der Waals surface area contributed by atoms with E-state index >= 15 is 0 Å². The minimum Gasteiger partial charge on any atom is -0.478 e. The Morgan fingerprint density at radius 1 is 1.65 bits per heavy atom. The number of hydrogen-bond acceptors (Lipinski definition) is 4. The summed E-state index contributed by atoms with van der Waals surface area (Å²) in [5.41, 5.74) is 0.195. The third-order valence-electron chi connectivity index (χ3n) is 2.77. The highest BCUT2D eigenvalue weighted by atomic mass is 16.5. The van der Waals surface area contributed by atoms with Gasteiger partial charge in [-0.25, -0.2) is 4.79 Å². The fourth-order valence-corrected chi connectivity index (χ4v) is 1.89. The van der Waals surface area contributed by atoms with Crippen molar-refractivity contribution in [2.75, 3.05) is 13.2 Å². The zero-order valence-electron chi connectivity index (χ0n) is 9.77. The van der Waals surface area contributed by atoms with Gasteiger partial charge in [0.15, 0.2) is 0 Å². The number of aromatic carboxylic acids is 1. The van der Waals surface area contributed by atoms with Gasteiger partial charge >= 0.3 is 5.97 Å². The van der Waals surface area contributed by atoms with E-state index in [0.717, 1.165) is 19.4 Å². The van der Waals surface area contributed by atoms with Crippen molar-refractivity contribution in [3.63, 3.8) is 0 Å². The van der Waals surface area contributed by atoms with Gasteiger partial charge in [-0.05, 0) is 25.8 Å². The Hall–Kier alpha value is -1.33. The van der Waals surface area contributed by atoms with Crippen molar-refractivity contribution >= 4 is 5.97 Å². The summed E-state index contributed by atoms with van der Waals surface area (Å²) in [6, 6.07) is 1.51. The predicted octanol–water partition coefficient (Wildman–Crippen LogP) is 1.98. The van der Waals surface area contributed by atoms with Crippen LogP contribution in [0.4, 0.5) is 0 Å². The lowest BCUT2D eigenvalue weighted by Gasteiger charge is -2.08. The maximum Gasteiger partial charge on any atom is 0.339 e. The molecule has 1 fully saturated rings. The van der Waals surface area contributed by atoms with Crippen LogP contribution >= 0.6 is 0 Å². The van der Waals surface area contributed by atoms with Gasteiger partial charge in [0, 0.05) is 6.61 Å². The van der Waals surface area contributed by atoms with E-state index in [9.17, 15) is 4.79 Å². The van der Waals surface area contributed by atoms with E-state index in [0.29, 0.717) is 18.1 Å². The number of carboxylic acid groups (broad SMARTS) is 1. The molecule has 0 aliphatic carbocycles. The monoisotopic (exact) mass is 240 g/mol. The topological polar surface area (TPSA) is 68.9 Å². The van der Waals surface area contributed by atoms with Gasteiger partial charge in [-0.3, -0.25) is 0 Å². The zero-order valence-corrected chi connectivity index (χ0v) is 9.77. The second-order valence-corrected chi connectivity index (χ2v) is 4.14. The van der Waals surface area contributed by atoms with Gasteiger partial charge in [-0.15, -0.1) is 0 Å². The molecule has 2 heterocycles. The second-order valence-electron chi connectivity index (χ2n) is 4.14. The van der Waals surface area contributed by atoms with Crippen molar-refractivity contribution in [1.29, 1.82) is 0 Å². The largest absolute Gasteiger partial charge is 0.478 e. The van der Waals surface area contributed by atoms with Gasteiger partial charge in [-0.1, -0.05) is 0 Å². The first-order valence-corrected chi connectivity index (χ1v) is 5.69. The molecule has 1 aliphatic heterocycles. The van der Waals surface area contributed by atoms with Crippen LogP contribution in [0.25, 0.3) is 0 Å². The van der Waals surface area contributed by atoms with Crippen LogP contribution in [-0.4, -0.2) is 30.4 Å². The van der Waals surface area contributed by atoms with Gasteiger partial charge in [0.25, 0.3) is 0 Å². The third-order valence-corrected chi connectivity index (χ3v) is 2.77. The van der Waals surface area contributed by atoms with Crippen molar-refractivity contribution in [3.8, 4) is 0 Å². The van der Waals surface area contributed by atoms with E-state index in [1.165, 1.54) is 6.07 Å². The first-order chi connectivity index (χ1) is 8.16. The van der Waals surface area contributed by atoms with Crippen LogP contribution < -0.4 is 0 Å². The average Bonchev–Trinajstić information content (AvgIpc) is 2.88. The Labute approximate surface area is 99.3 Å². The first kappa shape index (κ1) is 12.1. The summed E-state index contributed by atoms with van der Waals surface area (Å²) in [6.45, 7) is 3.25. The van der Waals surface area contributed by atoms with Gasteiger partial charge in [0.1, 0.15) is 23.7 Å². The lowest BCUT2D eigenvalue weighted by atomic mass is 10.2. The number of furan rings is 1. The minimum absolute atomic E-state index is 0.171. The van der Waals surface area contributed by atoms with Crippen LogP contribution in [0, 0.1) is 6.92 Å². The Kier molecular flexibility index (Phi) is 3.81. The molecule has 1 unspecified atom stereocenters. The molecule has 0 saturated carbocycles. The summed E-state index contributed by atoms with van der Waals surface area (Å²) < 4.78 is 16.1.